The zero-order chi connectivity index (χ0) is 15.8. The molecule has 0 aliphatic carbocycles. The van der Waals surface area contributed by atoms with E-state index in [-0.39, 0.29) is 5.92 Å². The molecule has 1 atom stereocenters. The first-order chi connectivity index (χ1) is 9.99. The highest BCUT2D eigenvalue weighted by Gasteiger charge is 2.13. The van der Waals surface area contributed by atoms with Gasteiger partial charge in [0.05, 0.1) is 12.7 Å². The largest absolute Gasteiger partial charge is 0.389 e. The average molecular weight is 296 g/mol. The van der Waals surface area contributed by atoms with E-state index >= 15 is 0 Å². The fourth-order valence-corrected chi connectivity index (χ4v) is 1.85. The summed E-state index contributed by atoms with van der Waals surface area (Å²) < 4.78 is 4.93. The average Bonchev–Trinajstić information content (AvgIpc) is 2.45. The van der Waals surface area contributed by atoms with Crippen molar-refractivity contribution in [2.24, 2.45) is 0 Å². The Labute approximate surface area is 127 Å². The maximum Gasteiger partial charge on any atom is 0.135 e. The van der Waals surface area contributed by atoms with Crippen LogP contribution in [0.4, 0.5) is 11.6 Å². The minimum Gasteiger partial charge on any atom is -0.389 e. The topological polar surface area (TPSA) is 79.3 Å². The molecule has 1 rings (SSSR count). The minimum atomic E-state index is -0.557. The fraction of sp³-hybridized carbons (Fsp3) is 0.733. The van der Waals surface area contributed by atoms with Crippen LogP contribution in [0.15, 0.2) is 0 Å². The van der Waals surface area contributed by atoms with E-state index in [4.69, 9.17) is 4.74 Å². The summed E-state index contributed by atoms with van der Waals surface area (Å²) in [6, 6.07) is 0. The van der Waals surface area contributed by atoms with Gasteiger partial charge >= 0.3 is 0 Å². The van der Waals surface area contributed by atoms with E-state index < -0.39 is 6.10 Å². The molecule has 1 aromatic heterocycles. The van der Waals surface area contributed by atoms with Crippen LogP contribution in [0, 0.1) is 6.92 Å². The van der Waals surface area contributed by atoms with Gasteiger partial charge in [0.1, 0.15) is 17.5 Å². The van der Waals surface area contributed by atoms with E-state index in [1.165, 1.54) is 0 Å². The third-order valence-electron chi connectivity index (χ3n) is 3.09. The molecule has 0 saturated heterocycles. The molecule has 1 heterocycles. The van der Waals surface area contributed by atoms with Crippen LogP contribution in [0.1, 0.15) is 44.5 Å². The standard InChI is InChI=1S/C15H28N4O2/c1-6-7-16-14-11(4)15(17-8-12(20)9-21-5)19-13(18-14)10(2)3/h10,12,20H,6-9H2,1-5H3,(H2,16,17,18,19). The number of anilines is 2. The van der Waals surface area contributed by atoms with Crippen LogP contribution in [-0.2, 0) is 4.74 Å². The van der Waals surface area contributed by atoms with Gasteiger partial charge < -0.3 is 20.5 Å². The van der Waals surface area contributed by atoms with Gasteiger partial charge in [0, 0.05) is 31.7 Å². The third-order valence-corrected chi connectivity index (χ3v) is 3.09. The maximum absolute atomic E-state index is 9.74. The first-order valence-corrected chi connectivity index (χ1v) is 7.52. The lowest BCUT2D eigenvalue weighted by Crippen LogP contribution is -2.25. The van der Waals surface area contributed by atoms with Gasteiger partial charge in [-0.25, -0.2) is 9.97 Å². The molecule has 6 heteroatoms. The predicted octanol–water partition coefficient (Wildman–Crippen LogP) is 2.15. The Balaban J connectivity index is 2.91. The zero-order valence-electron chi connectivity index (χ0n) is 13.7. The van der Waals surface area contributed by atoms with Crippen molar-refractivity contribution in [2.45, 2.75) is 46.1 Å². The van der Waals surface area contributed by atoms with E-state index in [0.29, 0.717) is 13.2 Å². The highest BCUT2D eigenvalue weighted by Crippen LogP contribution is 2.23. The molecule has 0 aliphatic heterocycles. The number of methoxy groups -OCH3 is 1. The van der Waals surface area contributed by atoms with Crippen molar-refractivity contribution in [1.29, 1.82) is 0 Å². The second-order valence-corrected chi connectivity index (χ2v) is 5.48. The van der Waals surface area contributed by atoms with Gasteiger partial charge in [0.2, 0.25) is 0 Å². The van der Waals surface area contributed by atoms with Crippen LogP contribution in [-0.4, -0.2) is 48.0 Å². The van der Waals surface area contributed by atoms with Crippen molar-refractivity contribution < 1.29 is 9.84 Å². The Morgan fingerprint density at radius 3 is 2.33 bits per heavy atom. The van der Waals surface area contributed by atoms with Gasteiger partial charge in [-0.3, -0.25) is 0 Å². The van der Waals surface area contributed by atoms with Gasteiger partial charge in [-0.2, -0.15) is 0 Å². The number of nitrogens with zero attached hydrogens (tertiary/aromatic N) is 2. The zero-order valence-corrected chi connectivity index (χ0v) is 13.7. The monoisotopic (exact) mass is 296 g/mol. The lowest BCUT2D eigenvalue weighted by molar-refractivity contribution is 0.0727. The van der Waals surface area contributed by atoms with Crippen molar-refractivity contribution in [2.75, 3.05) is 37.4 Å². The molecule has 21 heavy (non-hydrogen) atoms. The molecule has 0 fully saturated rings. The highest BCUT2D eigenvalue weighted by molar-refractivity contribution is 5.57. The molecule has 1 unspecified atom stereocenters. The highest BCUT2D eigenvalue weighted by atomic mass is 16.5. The third kappa shape index (κ3) is 5.47. The normalized spacial score (nSPS) is 12.5. The van der Waals surface area contributed by atoms with Crippen molar-refractivity contribution in [3.8, 4) is 0 Å². The Morgan fingerprint density at radius 2 is 1.81 bits per heavy atom. The summed E-state index contributed by atoms with van der Waals surface area (Å²) in [5, 5.41) is 16.3. The Morgan fingerprint density at radius 1 is 1.19 bits per heavy atom. The van der Waals surface area contributed by atoms with E-state index in [2.05, 4.69) is 41.4 Å². The second kappa shape index (κ2) is 8.79. The minimum absolute atomic E-state index is 0.247. The van der Waals surface area contributed by atoms with Crippen LogP contribution in [0.5, 0.6) is 0 Å². The first-order valence-electron chi connectivity index (χ1n) is 7.52. The van der Waals surface area contributed by atoms with Crippen LogP contribution >= 0.6 is 0 Å². The lowest BCUT2D eigenvalue weighted by atomic mass is 10.2. The van der Waals surface area contributed by atoms with Crippen molar-refractivity contribution >= 4 is 11.6 Å². The smallest absolute Gasteiger partial charge is 0.135 e. The maximum atomic E-state index is 9.74. The summed E-state index contributed by atoms with van der Waals surface area (Å²) in [6.07, 6.45) is 0.481. The van der Waals surface area contributed by atoms with E-state index in [0.717, 1.165) is 36.0 Å². The molecule has 120 valence electrons. The van der Waals surface area contributed by atoms with E-state index in [9.17, 15) is 5.11 Å². The summed E-state index contributed by atoms with van der Waals surface area (Å²) >= 11 is 0. The molecule has 0 saturated carbocycles. The summed E-state index contributed by atoms with van der Waals surface area (Å²) in [5.41, 5.74) is 0.970. The number of hydrogen-bond acceptors (Lipinski definition) is 6. The molecule has 0 aromatic carbocycles. The van der Waals surface area contributed by atoms with Crippen LogP contribution in [0.2, 0.25) is 0 Å². The molecule has 0 radical (unpaired) electrons. The molecule has 6 nitrogen and oxygen atoms in total. The van der Waals surface area contributed by atoms with E-state index in [1.807, 2.05) is 6.92 Å². The van der Waals surface area contributed by atoms with Crippen LogP contribution in [0.25, 0.3) is 0 Å². The van der Waals surface area contributed by atoms with Crippen molar-refractivity contribution in [3.05, 3.63) is 11.4 Å². The number of hydrogen-bond donors (Lipinski definition) is 3. The number of ether oxygens (including phenoxy) is 1. The van der Waals surface area contributed by atoms with Crippen LogP contribution in [0.3, 0.4) is 0 Å². The number of rotatable bonds is 9. The summed E-state index contributed by atoms with van der Waals surface area (Å²) in [7, 11) is 1.57. The first kappa shape index (κ1) is 17.7. The van der Waals surface area contributed by atoms with Gasteiger partial charge in [-0.05, 0) is 13.3 Å². The van der Waals surface area contributed by atoms with Gasteiger partial charge in [-0.1, -0.05) is 20.8 Å². The number of aliphatic hydroxyl groups excluding tert-OH is 1. The predicted molar refractivity (Wildman–Crippen MR) is 86.0 cm³/mol. The Kier molecular flexibility index (Phi) is 7.39. The van der Waals surface area contributed by atoms with Gasteiger partial charge in [0.15, 0.2) is 0 Å². The summed E-state index contributed by atoms with van der Waals surface area (Å²) in [5.74, 6) is 2.67. The number of aliphatic hydroxyl groups is 1. The molecular formula is C15H28N4O2. The summed E-state index contributed by atoms with van der Waals surface area (Å²) in [6.45, 7) is 9.81. The Bertz CT molecular complexity index is 438. The molecule has 0 bridgehead atoms. The second-order valence-electron chi connectivity index (χ2n) is 5.48. The lowest BCUT2D eigenvalue weighted by Gasteiger charge is -2.17. The molecule has 1 aromatic rings. The van der Waals surface area contributed by atoms with Crippen LogP contribution < -0.4 is 10.6 Å². The summed E-state index contributed by atoms with van der Waals surface area (Å²) in [4.78, 5) is 9.14. The van der Waals surface area contributed by atoms with Gasteiger partial charge in [0.25, 0.3) is 0 Å². The van der Waals surface area contributed by atoms with Crippen molar-refractivity contribution in [3.63, 3.8) is 0 Å². The molecule has 3 N–H and O–H groups in total. The fourth-order valence-electron chi connectivity index (χ4n) is 1.85. The van der Waals surface area contributed by atoms with E-state index in [1.54, 1.807) is 7.11 Å². The number of aromatic nitrogens is 2. The molecule has 0 amide bonds. The van der Waals surface area contributed by atoms with Crippen molar-refractivity contribution in [1.82, 2.24) is 9.97 Å². The molecule has 0 aliphatic rings. The SMILES string of the molecule is CCCNc1nc(C(C)C)nc(NCC(O)COC)c1C. The van der Waals surface area contributed by atoms with Gasteiger partial charge in [-0.15, -0.1) is 0 Å². The molecular weight excluding hydrogens is 268 g/mol. The number of nitrogens with one attached hydrogen (secondary N) is 2. The Hall–Kier alpha value is -1.40. The quantitative estimate of drug-likeness (QED) is 0.648. The molecule has 0 spiro atoms.